The molecule has 24 heavy (non-hydrogen) atoms. The highest BCUT2D eigenvalue weighted by molar-refractivity contribution is 5.54. The highest BCUT2D eigenvalue weighted by atomic mass is 16.5. The minimum atomic E-state index is -0.706. The van der Waals surface area contributed by atoms with E-state index in [1.54, 1.807) is 0 Å². The van der Waals surface area contributed by atoms with Crippen LogP contribution in [0.1, 0.15) is 36.1 Å². The van der Waals surface area contributed by atoms with Crippen molar-refractivity contribution in [2.75, 3.05) is 0 Å². The SMILES string of the molecule is C[C@]1(c2ccccc2)c2ccccc2[C@@](C)(c2ccccc2)N1[O]. The van der Waals surface area contributed by atoms with Crippen LogP contribution >= 0.6 is 0 Å². The van der Waals surface area contributed by atoms with E-state index in [2.05, 4.69) is 12.1 Å². The summed E-state index contributed by atoms with van der Waals surface area (Å²) in [6.45, 7) is 4.06. The molecule has 2 heteroatoms. The van der Waals surface area contributed by atoms with Crippen LogP contribution in [0, 0.1) is 0 Å². The van der Waals surface area contributed by atoms with Crippen LogP contribution in [-0.4, -0.2) is 5.06 Å². The van der Waals surface area contributed by atoms with E-state index in [9.17, 15) is 5.21 Å². The zero-order valence-corrected chi connectivity index (χ0v) is 13.9. The molecule has 0 aromatic heterocycles. The van der Waals surface area contributed by atoms with Gasteiger partial charge in [0, 0.05) is 0 Å². The fourth-order valence-electron chi connectivity index (χ4n) is 4.07. The molecule has 0 saturated carbocycles. The molecule has 2 nitrogen and oxygen atoms in total. The maximum atomic E-state index is 13.7. The van der Waals surface area contributed by atoms with Crippen molar-refractivity contribution in [3.63, 3.8) is 0 Å². The van der Waals surface area contributed by atoms with Crippen molar-refractivity contribution in [1.82, 2.24) is 5.06 Å². The Balaban J connectivity index is 2.01. The molecule has 119 valence electrons. The van der Waals surface area contributed by atoms with Crippen LogP contribution in [0.2, 0.25) is 0 Å². The lowest BCUT2D eigenvalue weighted by atomic mass is 9.83. The number of hydroxylamine groups is 2. The summed E-state index contributed by atoms with van der Waals surface area (Å²) in [6.07, 6.45) is 0. The van der Waals surface area contributed by atoms with E-state index in [0.717, 1.165) is 22.3 Å². The fraction of sp³-hybridized carbons (Fsp3) is 0.182. The third-order valence-corrected chi connectivity index (χ3v) is 5.46. The van der Waals surface area contributed by atoms with Gasteiger partial charge in [-0.15, -0.1) is 10.3 Å². The summed E-state index contributed by atoms with van der Waals surface area (Å²) in [5.41, 5.74) is 2.79. The van der Waals surface area contributed by atoms with Gasteiger partial charge in [0.1, 0.15) is 0 Å². The molecule has 3 aromatic carbocycles. The fourth-order valence-corrected chi connectivity index (χ4v) is 4.07. The molecule has 2 atom stereocenters. The number of nitrogens with zero attached hydrogens (tertiary/aromatic N) is 1. The molecule has 0 bridgehead atoms. The Morgan fingerprint density at radius 2 is 0.917 bits per heavy atom. The van der Waals surface area contributed by atoms with E-state index in [1.165, 1.54) is 5.06 Å². The first kappa shape index (κ1) is 15.1. The Bertz CT molecular complexity index is 789. The highest BCUT2D eigenvalue weighted by Gasteiger charge is 2.56. The van der Waals surface area contributed by atoms with Gasteiger partial charge in [-0.05, 0) is 36.1 Å². The number of benzene rings is 3. The van der Waals surface area contributed by atoms with Gasteiger partial charge in [0.25, 0.3) is 0 Å². The zero-order chi connectivity index (χ0) is 16.8. The molecular weight excluding hydrogens is 294 g/mol. The van der Waals surface area contributed by atoms with E-state index < -0.39 is 11.1 Å². The minimum Gasteiger partial charge on any atom is -0.126 e. The lowest BCUT2D eigenvalue weighted by Crippen LogP contribution is -2.46. The van der Waals surface area contributed by atoms with Gasteiger partial charge in [-0.2, -0.15) is 0 Å². The molecule has 0 aliphatic carbocycles. The second-order valence-corrected chi connectivity index (χ2v) is 6.72. The maximum Gasteiger partial charge on any atom is 0.0980 e. The van der Waals surface area contributed by atoms with Crippen LogP contribution in [0.4, 0.5) is 0 Å². The normalized spacial score (nSPS) is 26.3. The number of hydrogen-bond donors (Lipinski definition) is 0. The van der Waals surface area contributed by atoms with Crippen LogP contribution in [-0.2, 0) is 16.3 Å². The van der Waals surface area contributed by atoms with Crippen molar-refractivity contribution in [2.24, 2.45) is 0 Å². The van der Waals surface area contributed by atoms with Gasteiger partial charge in [0.15, 0.2) is 0 Å². The Hall–Kier alpha value is -2.42. The van der Waals surface area contributed by atoms with Crippen molar-refractivity contribution in [1.29, 1.82) is 0 Å². The van der Waals surface area contributed by atoms with E-state index in [4.69, 9.17) is 0 Å². The molecule has 1 aliphatic rings. The predicted molar refractivity (Wildman–Crippen MR) is 94.8 cm³/mol. The van der Waals surface area contributed by atoms with E-state index >= 15 is 0 Å². The van der Waals surface area contributed by atoms with Crippen LogP contribution < -0.4 is 0 Å². The smallest absolute Gasteiger partial charge is 0.0980 e. The van der Waals surface area contributed by atoms with Gasteiger partial charge in [0.05, 0.1) is 11.1 Å². The van der Waals surface area contributed by atoms with Crippen molar-refractivity contribution in [3.05, 3.63) is 107 Å². The molecule has 1 aliphatic heterocycles. The van der Waals surface area contributed by atoms with E-state index in [-0.39, 0.29) is 0 Å². The first-order valence-electron chi connectivity index (χ1n) is 8.28. The van der Waals surface area contributed by atoms with Crippen LogP contribution in [0.3, 0.4) is 0 Å². The van der Waals surface area contributed by atoms with E-state index in [1.807, 2.05) is 86.6 Å². The van der Waals surface area contributed by atoms with Crippen LogP contribution in [0.25, 0.3) is 0 Å². The molecule has 0 spiro atoms. The lowest BCUT2D eigenvalue weighted by Gasteiger charge is -2.38. The highest BCUT2D eigenvalue weighted by Crippen LogP contribution is 2.54. The minimum absolute atomic E-state index is 0.706. The Morgan fingerprint density at radius 3 is 1.29 bits per heavy atom. The number of fused-ring (bicyclic) bond motifs is 1. The summed E-state index contributed by atoms with van der Waals surface area (Å²) in [6, 6.07) is 28.3. The van der Waals surface area contributed by atoms with Gasteiger partial charge < -0.3 is 0 Å². The average Bonchev–Trinajstić information content (AvgIpc) is 2.84. The van der Waals surface area contributed by atoms with Gasteiger partial charge in [-0.1, -0.05) is 84.9 Å². The summed E-state index contributed by atoms with van der Waals surface area (Å²) in [5, 5.41) is 15.0. The van der Waals surface area contributed by atoms with Crippen molar-refractivity contribution in [2.45, 2.75) is 24.9 Å². The van der Waals surface area contributed by atoms with Crippen molar-refractivity contribution in [3.8, 4) is 0 Å². The van der Waals surface area contributed by atoms with E-state index in [0.29, 0.717) is 0 Å². The summed E-state index contributed by atoms with van der Waals surface area (Å²) in [5.74, 6) is 0. The Kier molecular flexibility index (Phi) is 3.34. The molecule has 3 aromatic rings. The Labute approximate surface area is 143 Å². The second kappa shape index (κ2) is 5.30. The maximum absolute atomic E-state index is 13.7. The first-order chi connectivity index (χ1) is 11.6. The topological polar surface area (TPSA) is 23.1 Å². The summed E-state index contributed by atoms with van der Waals surface area (Å²) in [7, 11) is 0. The average molecular weight is 314 g/mol. The van der Waals surface area contributed by atoms with Crippen LogP contribution in [0.5, 0.6) is 0 Å². The molecule has 0 amide bonds. The lowest BCUT2D eigenvalue weighted by molar-refractivity contribution is -0.253. The molecule has 1 heterocycles. The predicted octanol–water partition coefficient (Wildman–Crippen LogP) is 4.87. The summed E-state index contributed by atoms with van der Waals surface area (Å²) >= 11 is 0. The number of rotatable bonds is 2. The van der Waals surface area contributed by atoms with Crippen molar-refractivity contribution < 1.29 is 5.21 Å². The monoisotopic (exact) mass is 314 g/mol. The van der Waals surface area contributed by atoms with Gasteiger partial charge >= 0.3 is 0 Å². The standard InChI is InChI=1S/C22H20NO/c1-21(17-11-5-3-6-12-17)19-15-9-10-16-20(19)22(2,23(21)24)18-13-7-4-8-14-18/h3-16H,1-2H3/t21-,22+. The molecular formula is C22H20NO. The molecule has 1 radical (unpaired) electrons. The van der Waals surface area contributed by atoms with Gasteiger partial charge in [-0.25, -0.2) is 0 Å². The molecule has 0 unspecified atom stereocenters. The largest absolute Gasteiger partial charge is 0.126 e. The Morgan fingerprint density at radius 1 is 0.583 bits per heavy atom. The van der Waals surface area contributed by atoms with Gasteiger partial charge in [0.2, 0.25) is 0 Å². The molecule has 0 N–H and O–H groups in total. The van der Waals surface area contributed by atoms with Crippen LogP contribution in [0.15, 0.2) is 84.9 Å². The zero-order valence-electron chi connectivity index (χ0n) is 13.9. The second-order valence-electron chi connectivity index (χ2n) is 6.72. The summed E-state index contributed by atoms with van der Waals surface area (Å²) in [4.78, 5) is 0. The number of hydrogen-bond acceptors (Lipinski definition) is 1. The quantitative estimate of drug-likeness (QED) is 0.661. The van der Waals surface area contributed by atoms with Crippen molar-refractivity contribution >= 4 is 0 Å². The first-order valence-corrected chi connectivity index (χ1v) is 8.28. The summed E-state index contributed by atoms with van der Waals surface area (Å²) < 4.78 is 0. The van der Waals surface area contributed by atoms with Gasteiger partial charge in [-0.3, -0.25) is 0 Å². The third-order valence-electron chi connectivity index (χ3n) is 5.46. The molecule has 4 rings (SSSR count). The third kappa shape index (κ3) is 1.84. The molecule has 0 fully saturated rings. The molecule has 0 saturated heterocycles.